The Morgan fingerprint density at radius 3 is 2.14 bits per heavy atom. The highest BCUT2D eigenvalue weighted by atomic mass is 35.5. The Balaban J connectivity index is 0.00000225. The predicted molar refractivity (Wildman–Crippen MR) is 118 cm³/mol. The number of likely N-dealkylation sites (tertiary alicyclic amines) is 1. The molecule has 0 aliphatic carbocycles. The lowest BCUT2D eigenvalue weighted by atomic mass is 10.0. The molecule has 146 valence electrons. The summed E-state index contributed by atoms with van der Waals surface area (Å²) in [7, 11) is 1.99. The third-order valence-electron chi connectivity index (χ3n) is 5.08. The largest absolute Gasteiger partial charge is 0.338 e. The summed E-state index contributed by atoms with van der Waals surface area (Å²) in [6, 6.07) is 20.6. The number of hydrogen-bond acceptors (Lipinski definition) is 4. The van der Waals surface area contributed by atoms with Gasteiger partial charge in [0.15, 0.2) is 0 Å². The summed E-state index contributed by atoms with van der Waals surface area (Å²) in [5.74, 6) is 0.100. The maximum absolute atomic E-state index is 13.3. The van der Waals surface area contributed by atoms with Gasteiger partial charge in [0.2, 0.25) is 0 Å². The van der Waals surface area contributed by atoms with E-state index in [1.807, 2.05) is 72.6 Å². The molecule has 1 N–H and O–H groups in total. The maximum atomic E-state index is 13.3. The number of carbonyl (C=O) groups is 1. The zero-order chi connectivity index (χ0) is 18.6. The summed E-state index contributed by atoms with van der Waals surface area (Å²) in [4.78, 5) is 20.9. The van der Waals surface area contributed by atoms with E-state index in [9.17, 15) is 4.79 Å². The van der Waals surface area contributed by atoms with E-state index in [4.69, 9.17) is 4.98 Å². The number of thiazole rings is 1. The topological polar surface area (TPSA) is 45.2 Å². The van der Waals surface area contributed by atoms with Crippen LogP contribution in [0.4, 0.5) is 0 Å². The molecular formula is C22H24ClN3OS. The Bertz CT molecular complexity index is 906. The highest BCUT2D eigenvalue weighted by Crippen LogP contribution is 2.35. The molecule has 0 spiro atoms. The maximum Gasteiger partial charge on any atom is 0.266 e. The van der Waals surface area contributed by atoms with Crippen molar-refractivity contribution in [3.05, 3.63) is 65.5 Å². The van der Waals surface area contributed by atoms with E-state index in [1.165, 1.54) is 11.3 Å². The van der Waals surface area contributed by atoms with Gasteiger partial charge in [-0.3, -0.25) is 4.79 Å². The van der Waals surface area contributed by atoms with Gasteiger partial charge in [0.1, 0.15) is 9.88 Å². The second-order valence-electron chi connectivity index (χ2n) is 6.78. The van der Waals surface area contributed by atoms with Crippen LogP contribution in [0.2, 0.25) is 0 Å². The molecule has 0 saturated carbocycles. The number of carbonyl (C=O) groups excluding carboxylic acids is 1. The molecule has 4 rings (SSSR count). The molecule has 0 bridgehead atoms. The number of piperidine rings is 1. The van der Waals surface area contributed by atoms with Gasteiger partial charge in [-0.25, -0.2) is 4.98 Å². The van der Waals surface area contributed by atoms with Crippen LogP contribution in [0.1, 0.15) is 22.5 Å². The third-order valence-corrected chi connectivity index (χ3v) is 6.17. The first-order valence-electron chi connectivity index (χ1n) is 9.34. The molecule has 0 unspecified atom stereocenters. The molecule has 1 amide bonds. The van der Waals surface area contributed by atoms with Crippen molar-refractivity contribution in [1.82, 2.24) is 15.2 Å². The summed E-state index contributed by atoms with van der Waals surface area (Å²) in [5, 5.41) is 4.21. The van der Waals surface area contributed by atoms with Crippen molar-refractivity contribution in [2.24, 2.45) is 0 Å². The highest BCUT2D eigenvalue weighted by molar-refractivity contribution is 7.17. The van der Waals surface area contributed by atoms with E-state index in [2.05, 4.69) is 5.32 Å². The Morgan fingerprint density at radius 2 is 1.57 bits per heavy atom. The Hall–Kier alpha value is -2.21. The van der Waals surface area contributed by atoms with E-state index in [1.54, 1.807) is 0 Å². The number of nitrogens with zero attached hydrogens (tertiary/aromatic N) is 2. The van der Waals surface area contributed by atoms with E-state index < -0.39 is 0 Å². The summed E-state index contributed by atoms with van der Waals surface area (Å²) in [6.07, 6.45) is 1.99. The van der Waals surface area contributed by atoms with Crippen LogP contribution >= 0.6 is 23.7 Å². The average Bonchev–Trinajstić information content (AvgIpc) is 3.20. The lowest BCUT2D eigenvalue weighted by molar-refractivity contribution is 0.0713. The Labute approximate surface area is 176 Å². The molecule has 6 heteroatoms. The number of nitrogens with one attached hydrogen (secondary N) is 1. The van der Waals surface area contributed by atoms with Crippen LogP contribution in [0.15, 0.2) is 60.7 Å². The molecule has 28 heavy (non-hydrogen) atoms. The van der Waals surface area contributed by atoms with Crippen molar-refractivity contribution in [2.75, 3.05) is 20.1 Å². The summed E-state index contributed by atoms with van der Waals surface area (Å²) >= 11 is 1.50. The molecule has 4 nitrogen and oxygen atoms in total. The van der Waals surface area contributed by atoms with Gasteiger partial charge >= 0.3 is 0 Å². The summed E-state index contributed by atoms with van der Waals surface area (Å²) < 4.78 is 0. The first-order valence-corrected chi connectivity index (χ1v) is 10.2. The fourth-order valence-electron chi connectivity index (χ4n) is 3.48. The quantitative estimate of drug-likeness (QED) is 0.672. The molecule has 1 aliphatic heterocycles. The summed E-state index contributed by atoms with van der Waals surface area (Å²) in [5.41, 5.74) is 2.83. The van der Waals surface area contributed by atoms with Crippen LogP contribution in [0.25, 0.3) is 21.8 Å². The predicted octanol–water partition coefficient (Wildman–Crippen LogP) is 4.72. The number of aromatic nitrogens is 1. The molecule has 1 saturated heterocycles. The van der Waals surface area contributed by atoms with Crippen LogP contribution in [0.5, 0.6) is 0 Å². The average molecular weight is 414 g/mol. The van der Waals surface area contributed by atoms with Crippen molar-refractivity contribution < 1.29 is 4.79 Å². The highest BCUT2D eigenvalue weighted by Gasteiger charge is 2.27. The smallest absolute Gasteiger partial charge is 0.266 e. The number of amides is 1. The van der Waals surface area contributed by atoms with Gasteiger partial charge in [-0.15, -0.1) is 23.7 Å². The van der Waals surface area contributed by atoms with Crippen LogP contribution in [0, 0.1) is 0 Å². The van der Waals surface area contributed by atoms with Gasteiger partial charge in [0.05, 0.1) is 5.69 Å². The number of hydrogen-bond donors (Lipinski definition) is 1. The molecule has 2 aromatic carbocycles. The van der Waals surface area contributed by atoms with Crippen LogP contribution in [-0.2, 0) is 0 Å². The molecule has 0 radical (unpaired) electrons. The van der Waals surface area contributed by atoms with Gasteiger partial charge in [-0.05, 0) is 19.9 Å². The molecule has 1 aromatic heterocycles. The van der Waals surface area contributed by atoms with Gasteiger partial charge in [-0.1, -0.05) is 60.7 Å². The minimum absolute atomic E-state index is 0. The SMILES string of the molecule is CNC1CCN(C(=O)c2sc(-c3ccccc3)nc2-c2ccccc2)CC1.Cl. The number of halogens is 1. The van der Waals surface area contributed by atoms with E-state index >= 15 is 0 Å². The zero-order valence-electron chi connectivity index (χ0n) is 15.8. The Morgan fingerprint density at radius 1 is 1.00 bits per heavy atom. The van der Waals surface area contributed by atoms with Crippen molar-refractivity contribution in [3.63, 3.8) is 0 Å². The fraction of sp³-hybridized carbons (Fsp3) is 0.273. The van der Waals surface area contributed by atoms with Gasteiger partial charge < -0.3 is 10.2 Å². The van der Waals surface area contributed by atoms with E-state index in [-0.39, 0.29) is 18.3 Å². The van der Waals surface area contributed by atoms with Crippen LogP contribution < -0.4 is 5.32 Å². The van der Waals surface area contributed by atoms with Crippen molar-refractivity contribution in [3.8, 4) is 21.8 Å². The lowest BCUT2D eigenvalue weighted by Crippen LogP contribution is -2.43. The number of rotatable bonds is 4. The van der Waals surface area contributed by atoms with E-state index in [0.717, 1.165) is 52.6 Å². The van der Waals surface area contributed by atoms with Crippen LogP contribution in [0.3, 0.4) is 0 Å². The first kappa shape index (κ1) is 20.5. The third kappa shape index (κ3) is 4.27. The lowest BCUT2D eigenvalue weighted by Gasteiger charge is -2.31. The normalized spacial score (nSPS) is 14.5. The molecule has 1 fully saturated rings. The molecule has 2 heterocycles. The molecule has 1 aliphatic rings. The molecule has 0 atom stereocenters. The monoisotopic (exact) mass is 413 g/mol. The van der Waals surface area contributed by atoms with Crippen molar-refractivity contribution in [1.29, 1.82) is 0 Å². The minimum Gasteiger partial charge on any atom is -0.338 e. The standard InChI is InChI=1S/C22H23N3OS.ClH/c1-23-18-12-14-25(15-13-18)22(26)20-19(16-8-4-2-5-9-16)24-21(27-20)17-10-6-3-7-11-17;/h2-11,18,23H,12-15H2,1H3;1H. The van der Waals surface area contributed by atoms with Gasteiger partial charge in [0, 0.05) is 30.3 Å². The molecular weight excluding hydrogens is 390 g/mol. The minimum atomic E-state index is 0. The van der Waals surface area contributed by atoms with Crippen molar-refractivity contribution >= 4 is 29.7 Å². The van der Waals surface area contributed by atoms with E-state index in [0.29, 0.717) is 6.04 Å². The van der Waals surface area contributed by atoms with Gasteiger partial charge in [0.25, 0.3) is 5.91 Å². The number of benzene rings is 2. The van der Waals surface area contributed by atoms with Gasteiger partial charge in [-0.2, -0.15) is 0 Å². The Kier molecular flexibility index (Phi) is 6.83. The zero-order valence-corrected chi connectivity index (χ0v) is 17.4. The second kappa shape index (κ2) is 9.32. The fourth-order valence-corrected chi connectivity index (χ4v) is 4.54. The summed E-state index contributed by atoms with van der Waals surface area (Å²) in [6.45, 7) is 1.58. The molecule has 3 aromatic rings. The second-order valence-corrected chi connectivity index (χ2v) is 7.78. The van der Waals surface area contributed by atoms with Crippen LogP contribution in [-0.4, -0.2) is 42.0 Å². The van der Waals surface area contributed by atoms with Crippen molar-refractivity contribution in [2.45, 2.75) is 18.9 Å². The first-order chi connectivity index (χ1) is 13.3.